The van der Waals surface area contributed by atoms with Crippen LogP contribution in [0.15, 0.2) is 30.3 Å². The van der Waals surface area contributed by atoms with Gasteiger partial charge in [0.05, 0.1) is 12.7 Å². The molecule has 2 N–H and O–H groups in total. The van der Waals surface area contributed by atoms with Crippen molar-refractivity contribution in [2.75, 3.05) is 19.8 Å². The van der Waals surface area contributed by atoms with Crippen LogP contribution >= 0.6 is 0 Å². The number of hydrogen-bond donors (Lipinski definition) is 2. The highest BCUT2D eigenvalue weighted by Gasteiger charge is 2.37. The summed E-state index contributed by atoms with van der Waals surface area (Å²) < 4.78 is 5.49. The van der Waals surface area contributed by atoms with Gasteiger partial charge in [-0.15, -0.1) is 0 Å². The van der Waals surface area contributed by atoms with Crippen LogP contribution in [0.2, 0.25) is 0 Å². The van der Waals surface area contributed by atoms with Crippen molar-refractivity contribution in [3.05, 3.63) is 35.9 Å². The highest BCUT2D eigenvalue weighted by atomic mass is 16.5. The smallest absolute Gasteiger partial charge is 0.0897 e. The summed E-state index contributed by atoms with van der Waals surface area (Å²) in [6, 6.07) is 11.1. The molecule has 0 spiro atoms. The second-order valence-corrected chi connectivity index (χ2v) is 5.90. The highest BCUT2D eigenvalue weighted by molar-refractivity contribution is 5.27. The van der Waals surface area contributed by atoms with Gasteiger partial charge in [-0.1, -0.05) is 30.3 Å². The molecular formula is C16H23NO2. The first kappa shape index (κ1) is 13.1. The van der Waals surface area contributed by atoms with Gasteiger partial charge in [-0.05, 0) is 30.7 Å². The molecule has 0 amide bonds. The van der Waals surface area contributed by atoms with E-state index in [1.165, 1.54) is 24.8 Å². The number of aliphatic hydroxyl groups excluding tert-OH is 1. The first-order valence-corrected chi connectivity index (χ1v) is 7.37. The first-order chi connectivity index (χ1) is 9.33. The van der Waals surface area contributed by atoms with Crippen LogP contribution in [-0.2, 0) is 4.74 Å². The molecule has 0 heterocycles. The molecule has 2 aliphatic rings. The van der Waals surface area contributed by atoms with E-state index in [4.69, 9.17) is 4.74 Å². The molecule has 3 nitrogen and oxygen atoms in total. The van der Waals surface area contributed by atoms with E-state index in [1.807, 2.05) is 0 Å². The second-order valence-electron chi connectivity index (χ2n) is 5.90. The van der Waals surface area contributed by atoms with Crippen LogP contribution < -0.4 is 5.32 Å². The summed E-state index contributed by atoms with van der Waals surface area (Å²) in [6.07, 6.45) is 3.40. The standard InChI is InChI=1S/C16H23NO2/c18-14(11-19-10-12-6-7-12)9-17-16-8-15(16)13-4-2-1-3-5-13/h1-5,12,14-18H,6-11H2. The molecule has 2 fully saturated rings. The van der Waals surface area contributed by atoms with Gasteiger partial charge in [0.1, 0.15) is 0 Å². The average Bonchev–Trinajstić information content (AvgIpc) is 3.32. The van der Waals surface area contributed by atoms with E-state index in [0.29, 0.717) is 25.1 Å². The van der Waals surface area contributed by atoms with Gasteiger partial charge in [0.2, 0.25) is 0 Å². The number of nitrogens with one attached hydrogen (secondary N) is 1. The lowest BCUT2D eigenvalue weighted by molar-refractivity contribution is 0.0323. The van der Waals surface area contributed by atoms with Crippen molar-refractivity contribution >= 4 is 0 Å². The van der Waals surface area contributed by atoms with Gasteiger partial charge in [-0.3, -0.25) is 0 Å². The molecule has 0 saturated heterocycles. The molecular weight excluding hydrogens is 238 g/mol. The lowest BCUT2D eigenvalue weighted by Crippen LogP contribution is -2.32. The highest BCUT2D eigenvalue weighted by Crippen LogP contribution is 2.40. The van der Waals surface area contributed by atoms with Crippen molar-refractivity contribution in [3.63, 3.8) is 0 Å². The van der Waals surface area contributed by atoms with E-state index >= 15 is 0 Å². The van der Waals surface area contributed by atoms with E-state index in [0.717, 1.165) is 12.5 Å². The number of rotatable bonds is 8. The maximum Gasteiger partial charge on any atom is 0.0897 e. The van der Waals surface area contributed by atoms with Crippen LogP contribution in [0.4, 0.5) is 0 Å². The summed E-state index contributed by atoms with van der Waals surface area (Å²) in [5.74, 6) is 1.40. The molecule has 3 heteroatoms. The van der Waals surface area contributed by atoms with Crippen molar-refractivity contribution < 1.29 is 9.84 Å². The van der Waals surface area contributed by atoms with E-state index in [2.05, 4.69) is 35.6 Å². The monoisotopic (exact) mass is 261 g/mol. The Morgan fingerprint density at radius 3 is 2.79 bits per heavy atom. The molecule has 3 atom stereocenters. The largest absolute Gasteiger partial charge is 0.389 e. The van der Waals surface area contributed by atoms with E-state index in [9.17, 15) is 5.11 Å². The minimum atomic E-state index is -0.379. The van der Waals surface area contributed by atoms with Crippen molar-refractivity contribution in [1.29, 1.82) is 0 Å². The molecule has 1 aromatic carbocycles. The van der Waals surface area contributed by atoms with Crippen LogP contribution in [0.5, 0.6) is 0 Å². The minimum Gasteiger partial charge on any atom is -0.389 e. The summed E-state index contributed by atoms with van der Waals surface area (Å²) in [5, 5.41) is 13.3. The minimum absolute atomic E-state index is 0.379. The predicted molar refractivity (Wildman–Crippen MR) is 75.1 cm³/mol. The zero-order valence-electron chi connectivity index (χ0n) is 11.3. The van der Waals surface area contributed by atoms with Gasteiger partial charge < -0.3 is 15.2 Å². The fraction of sp³-hybridized carbons (Fsp3) is 0.625. The third-order valence-electron chi connectivity index (χ3n) is 3.99. The molecule has 2 aliphatic carbocycles. The van der Waals surface area contributed by atoms with E-state index in [-0.39, 0.29) is 6.10 Å². The first-order valence-electron chi connectivity index (χ1n) is 7.37. The van der Waals surface area contributed by atoms with Crippen molar-refractivity contribution in [1.82, 2.24) is 5.32 Å². The van der Waals surface area contributed by atoms with Crippen LogP contribution in [0, 0.1) is 5.92 Å². The average molecular weight is 261 g/mol. The number of ether oxygens (including phenoxy) is 1. The fourth-order valence-corrected chi connectivity index (χ4v) is 2.49. The van der Waals surface area contributed by atoms with Gasteiger partial charge in [-0.2, -0.15) is 0 Å². The third kappa shape index (κ3) is 4.03. The Labute approximate surface area is 115 Å². The molecule has 0 aromatic heterocycles. The Kier molecular flexibility index (Phi) is 4.16. The molecule has 3 unspecified atom stereocenters. The Morgan fingerprint density at radius 2 is 2.05 bits per heavy atom. The lowest BCUT2D eigenvalue weighted by Gasteiger charge is -2.12. The SMILES string of the molecule is OC(CNC1CC1c1ccccc1)COCC1CC1. The zero-order valence-corrected chi connectivity index (χ0v) is 11.3. The van der Waals surface area contributed by atoms with Crippen LogP contribution in [0.1, 0.15) is 30.7 Å². The predicted octanol–water partition coefficient (Wildman–Crippen LogP) is 1.92. The molecule has 3 rings (SSSR count). The maximum atomic E-state index is 9.83. The zero-order chi connectivity index (χ0) is 13.1. The van der Waals surface area contributed by atoms with Crippen LogP contribution in [0.3, 0.4) is 0 Å². The number of hydrogen-bond acceptors (Lipinski definition) is 3. The molecule has 0 aliphatic heterocycles. The topological polar surface area (TPSA) is 41.5 Å². The second kappa shape index (κ2) is 6.04. The molecule has 0 radical (unpaired) electrons. The van der Waals surface area contributed by atoms with Gasteiger partial charge in [-0.25, -0.2) is 0 Å². The maximum absolute atomic E-state index is 9.83. The summed E-state index contributed by atoms with van der Waals surface area (Å²) in [4.78, 5) is 0. The Bertz CT molecular complexity index is 391. The van der Waals surface area contributed by atoms with Gasteiger partial charge in [0, 0.05) is 25.1 Å². The van der Waals surface area contributed by atoms with Gasteiger partial charge >= 0.3 is 0 Å². The van der Waals surface area contributed by atoms with Crippen LogP contribution in [0.25, 0.3) is 0 Å². The summed E-state index contributed by atoms with van der Waals surface area (Å²) in [7, 11) is 0. The van der Waals surface area contributed by atoms with Crippen molar-refractivity contribution in [2.24, 2.45) is 5.92 Å². The van der Waals surface area contributed by atoms with E-state index < -0.39 is 0 Å². The fourth-order valence-electron chi connectivity index (χ4n) is 2.49. The lowest BCUT2D eigenvalue weighted by atomic mass is 10.1. The van der Waals surface area contributed by atoms with Crippen molar-refractivity contribution in [3.8, 4) is 0 Å². The molecule has 1 aromatic rings. The molecule has 19 heavy (non-hydrogen) atoms. The van der Waals surface area contributed by atoms with Gasteiger partial charge in [0.15, 0.2) is 0 Å². The summed E-state index contributed by atoms with van der Waals surface area (Å²) in [5.41, 5.74) is 1.40. The van der Waals surface area contributed by atoms with Crippen molar-refractivity contribution in [2.45, 2.75) is 37.3 Å². The van der Waals surface area contributed by atoms with Gasteiger partial charge in [0.25, 0.3) is 0 Å². The van der Waals surface area contributed by atoms with Crippen LogP contribution in [-0.4, -0.2) is 37.0 Å². The molecule has 2 saturated carbocycles. The number of aliphatic hydroxyl groups is 1. The Hall–Kier alpha value is -0.900. The third-order valence-corrected chi connectivity index (χ3v) is 3.99. The molecule has 0 bridgehead atoms. The molecule has 104 valence electrons. The quantitative estimate of drug-likeness (QED) is 0.751. The summed E-state index contributed by atoms with van der Waals surface area (Å²) in [6.45, 7) is 1.93. The Morgan fingerprint density at radius 1 is 1.26 bits per heavy atom. The normalized spacial score (nSPS) is 27.2. The summed E-state index contributed by atoms with van der Waals surface area (Å²) >= 11 is 0. The number of benzene rings is 1. The Balaban J connectivity index is 1.30. The van der Waals surface area contributed by atoms with E-state index in [1.54, 1.807) is 0 Å².